The lowest BCUT2D eigenvalue weighted by atomic mass is 9.72. The summed E-state index contributed by atoms with van der Waals surface area (Å²) < 4.78 is 40.6. The molecule has 0 heterocycles. The molecule has 5 rings (SSSR count). The monoisotopic (exact) mass is 379 g/mol. The third-order valence-electron chi connectivity index (χ3n) is 5.17. The lowest BCUT2D eigenvalue weighted by Gasteiger charge is -2.17. The summed E-state index contributed by atoms with van der Waals surface area (Å²) in [6.45, 7) is 0. The van der Waals surface area contributed by atoms with E-state index in [-0.39, 0.29) is 29.7 Å². The Bertz CT molecular complexity index is 1510. The zero-order valence-electron chi connectivity index (χ0n) is 20.4. The van der Waals surface area contributed by atoms with Crippen molar-refractivity contribution < 1.29 is 16.9 Å². The standard InChI is InChI=1S/C26H19BO2/c28-27(29)26-23-15-6-4-13-21(23)25(22-14-5-7-16-24(22)26)20-12-8-11-19(17-20)18-9-2-1-3-10-18/h1-17,28-29H/i1D,2D,3D,9D,10D. The molecule has 0 aliphatic carbocycles. The second kappa shape index (κ2) is 7.21. The van der Waals surface area contributed by atoms with Gasteiger partial charge in [-0.15, -0.1) is 0 Å². The van der Waals surface area contributed by atoms with Crippen molar-refractivity contribution in [2.75, 3.05) is 0 Å². The van der Waals surface area contributed by atoms with Crippen LogP contribution in [0.5, 0.6) is 0 Å². The van der Waals surface area contributed by atoms with Crippen molar-refractivity contribution in [2.24, 2.45) is 0 Å². The van der Waals surface area contributed by atoms with Crippen molar-refractivity contribution in [2.45, 2.75) is 0 Å². The molecule has 0 amide bonds. The normalized spacial score (nSPS) is 13.5. The third kappa shape index (κ3) is 3.01. The van der Waals surface area contributed by atoms with Crippen molar-refractivity contribution in [3.8, 4) is 22.3 Å². The van der Waals surface area contributed by atoms with Crippen LogP contribution < -0.4 is 5.46 Å². The molecule has 0 fully saturated rings. The van der Waals surface area contributed by atoms with Gasteiger partial charge >= 0.3 is 7.12 Å². The maximum Gasteiger partial charge on any atom is 0.489 e. The minimum atomic E-state index is -1.65. The highest BCUT2D eigenvalue weighted by Crippen LogP contribution is 2.37. The topological polar surface area (TPSA) is 40.5 Å². The molecule has 0 radical (unpaired) electrons. The van der Waals surface area contributed by atoms with Gasteiger partial charge in [-0.3, -0.25) is 0 Å². The van der Waals surface area contributed by atoms with E-state index >= 15 is 0 Å². The summed E-state index contributed by atoms with van der Waals surface area (Å²) >= 11 is 0. The average molecular weight is 379 g/mol. The van der Waals surface area contributed by atoms with Crippen LogP contribution in [0.3, 0.4) is 0 Å². The smallest absolute Gasteiger partial charge is 0.423 e. The lowest BCUT2D eigenvalue weighted by molar-refractivity contribution is 0.426. The molecule has 0 bridgehead atoms. The zero-order valence-corrected chi connectivity index (χ0v) is 15.4. The Hall–Kier alpha value is -3.40. The van der Waals surface area contributed by atoms with E-state index in [4.69, 9.17) is 6.85 Å². The molecule has 29 heavy (non-hydrogen) atoms. The molecule has 0 saturated carbocycles. The van der Waals surface area contributed by atoms with Crippen molar-refractivity contribution in [3.63, 3.8) is 0 Å². The predicted octanol–water partition coefficient (Wildman–Crippen LogP) is 5.01. The largest absolute Gasteiger partial charge is 0.489 e. The highest BCUT2D eigenvalue weighted by Gasteiger charge is 2.22. The molecule has 0 unspecified atom stereocenters. The second-order valence-electron chi connectivity index (χ2n) is 6.83. The average Bonchev–Trinajstić information content (AvgIpc) is 2.84. The van der Waals surface area contributed by atoms with Gasteiger partial charge in [0.25, 0.3) is 0 Å². The first-order chi connectivity index (χ1) is 16.3. The Balaban J connectivity index is 1.87. The van der Waals surface area contributed by atoms with Gasteiger partial charge in [-0.25, -0.2) is 0 Å². The van der Waals surface area contributed by atoms with Crippen LogP contribution in [0.25, 0.3) is 43.8 Å². The fourth-order valence-corrected chi connectivity index (χ4v) is 3.98. The van der Waals surface area contributed by atoms with Gasteiger partial charge in [0.2, 0.25) is 0 Å². The number of rotatable bonds is 3. The van der Waals surface area contributed by atoms with Crippen LogP contribution in [-0.4, -0.2) is 17.2 Å². The lowest BCUT2D eigenvalue weighted by Crippen LogP contribution is -2.31. The molecule has 0 aliphatic rings. The maximum absolute atomic E-state index is 10.2. The molecule has 5 aromatic carbocycles. The summed E-state index contributed by atoms with van der Waals surface area (Å²) in [5.41, 5.74) is 2.73. The molecule has 0 saturated heterocycles. The van der Waals surface area contributed by atoms with Crippen LogP contribution in [0.15, 0.2) is 103 Å². The molecular weight excluding hydrogens is 355 g/mol. The van der Waals surface area contributed by atoms with Gasteiger partial charge in [0.05, 0.1) is 6.85 Å². The summed E-state index contributed by atoms with van der Waals surface area (Å²) in [4.78, 5) is 0. The molecule has 0 spiro atoms. The number of benzene rings is 5. The van der Waals surface area contributed by atoms with Crippen molar-refractivity contribution in [1.29, 1.82) is 0 Å². The van der Waals surface area contributed by atoms with E-state index in [0.29, 0.717) is 21.8 Å². The van der Waals surface area contributed by atoms with Gasteiger partial charge in [-0.1, -0.05) is 96.9 Å². The minimum Gasteiger partial charge on any atom is -0.423 e. The molecule has 0 atom stereocenters. The quantitative estimate of drug-likeness (QED) is 0.342. The van der Waals surface area contributed by atoms with Crippen molar-refractivity contribution >= 4 is 34.1 Å². The second-order valence-corrected chi connectivity index (χ2v) is 6.83. The molecular formula is C26H19BO2. The Labute approximate surface area is 176 Å². The Morgan fingerprint density at radius 2 is 1.14 bits per heavy atom. The zero-order chi connectivity index (χ0) is 24.1. The van der Waals surface area contributed by atoms with E-state index in [1.54, 1.807) is 12.1 Å². The van der Waals surface area contributed by atoms with Gasteiger partial charge in [0.1, 0.15) is 0 Å². The maximum atomic E-state index is 10.2. The molecule has 0 aliphatic heterocycles. The van der Waals surface area contributed by atoms with Gasteiger partial charge < -0.3 is 10.0 Å². The summed E-state index contributed by atoms with van der Waals surface area (Å²) in [5.74, 6) is 0. The van der Waals surface area contributed by atoms with Crippen LogP contribution in [0, 0.1) is 0 Å². The van der Waals surface area contributed by atoms with E-state index in [9.17, 15) is 10.0 Å². The molecule has 3 heteroatoms. The number of fused-ring (bicyclic) bond motifs is 2. The van der Waals surface area contributed by atoms with E-state index in [2.05, 4.69) is 0 Å². The van der Waals surface area contributed by atoms with E-state index in [0.717, 1.165) is 21.9 Å². The first-order valence-electron chi connectivity index (χ1n) is 11.8. The molecule has 5 aromatic rings. The SMILES string of the molecule is [2H]c1c([2H])c([2H])c(-c2cccc(-c3c4ccccc4c(B(O)O)c4ccccc34)c2)c([2H])c1[2H]. The van der Waals surface area contributed by atoms with Gasteiger partial charge in [-0.05, 0) is 55.3 Å². The third-order valence-corrected chi connectivity index (χ3v) is 5.17. The first-order valence-corrected chi connectivity index (χ1v) is 9.28. The Kier molecular flexibility index (Phi) is 3.22. The summed E-state index contributed by atoms with van der Waals surface area (Å²) in [6.07, 6.45) is 0. The van der Waals surface area contributed by atoms with Crippen LogP contribution in [0.1, 0.15) is 6.85 Å². The van der Waals surface area contributed by atoms with Gasteiger partial charge in [0, 0.05) is 0 Å². The van der Waals surface area contributed by atoms with Gasteiger partial charge in [0.15, 0.2) is 0 Å². The predicted molar refractivity (Wildman–Crippen MR) is 122 cm³/mol. The van der Waals surface area contributed by atoms with Crippen LogP contribution in [0.4, 0.5) is 0 Å². The highest BCUT2D eigenvalue weighted by molar-refractivity contribution is 6.66. The molecule has 0 aromatic heterocycles. The van der Waals surface area contributed by atoms with Crippen molar-refractivity contribution in [1.82, 2.24) is 0 Å². The van der Waals surface area contributed by atoms with E-state index < -0.39 is 13.2 Å². The summed E-state index contributed by atoms with van der Waals surface area (Å²) in [5, 5.41) is 23.4. The fraction of sp³-hybridized carbons (Fsp3) is 0. The minimum absolute atomic E-state index is 0.142. The number of hydrogen-bond donors (Lipinski definition) is 2. The van der Waals surface area contributed by atoms with E-state index in [1.807, 2.05) is 60.7 Å². The summed E-state index contributed by atoms with van der Waals surface area (Å²) in [6, 6.07) is 20.5. The van der Waals surface area contributed by atoms with Gasteiger partial charge in [-0.2, -0.15) is 0 Å². The Morgan fingerprint density at radius 3 is 1.72 bits per heavy atom. The Morgan fingerprint density at radius 1 is 0.586 bits per heavy atom. The van der Waals surface area contributed by atoms with Crippen molar-refractivity contribution in [3.05, 3.63) is 103 Å². The van der Waals surface area contributed by atoms with Crippen LogP contribution in [0.2, 0.25) is 0 Å². The molecule has 2 nitrogen and oxygen atoms in total. The highest BCUT2D eigenvalue weighted by atomic mass is 16.4. The summed E-state index contributed by atoms with van der Waals surface area (Å²) in [7, 11) is -1.65. The van der Waals surface area contributed by atoms with Crippen LogP contribution >= 0.6 is 0 Å². The molecule has 2 N–H and O–H groups in total. The number of hydrogen-bond acceptors (Lipinski definition) is 2. The fourth-order valence-electron chi connectivity index (χ4n) is 3.98. The van der Waals surface area contributed by atoms with E-state index in [1.165, 1.54) is 0 Å². The van der Waals surface area contributed by atoms with Crippen LogP contribution in [-0.2, 0) is 0 Å². The molecule has 138 valence electrons. The first kappa shape index (κ1) is 12.9.